The SMILES string of the molecule is O=C(CN1CCN(c2ccc(Cl)c(Cl)c2)CC1)Nc1cccc(Cl)c1Cl. The van der Waals surface area contributed by atoms with E-state index < -0.39 is 0 Å². The number of rotatable bonds is 4. The molecule has 1 aliphatic heterocycles. The third kappa shape index (κ3) is 4.76. The quantitative estimate of drug-likeness (QED) is 0.733. The summed E-state index contributed by atoms with van der Waals surface area (Å²) < 4.78 is 0. The maximum atomic E-state index is 12.3. The average molecular weight is 433 g/mol. The number of nitrogens with zero attached hydrogens (tertiary/aromatic N) is 2. The molecule has 2 aromatic carbocycles. The lowest BCUT2D eigenvalue weighted by Crippen LogP contribution is -2.48. The zero-order chi connectivity index (χ0) is 18.7. The molecule has 1 N–H and O–H groups in total. The third-order valence-electron chi connectivity index (χ3n) is 4.23. The van der Waals surface area contributed by atoms with Gasteiger partial charge in [0.15, 0.2) is 0 Å². The van der Waals surface area contributed by atoms with Crippen molar-refractivity contribution >= 4 is 63.7 Å². The highest BCUT2D eigenvalue weighted by atomic mass is 35.5. The van der Waals surface area contributed by atoms with Gasteiger partial charge in [0.25, 0.3) is 0 Å². The van der Waals surface area contributed by atoms with Crippen molar-refractivity contribution in [2.45, 2.75) is 0 Å². The van der Waals surface area contributed by atoms with Crippen molar-refractivity contribution in [3.63, 3.8) is 0 Å². The lowest BCUT2D eigenvalue weighted by Gasteiger charge is -2.35. The molecule has 0 atom stereocenters. The van der Waals surface area contributed by atoms with Gasteiger partial charge in [0.1, 0.15) is 0 Å². The van der Waals surface area contributed by atoms with Crippen molar-refractivity contribution in [1.82, 2.24) is 4.90 Å². The highest BCUT2D eigenvalue weighted by molar-refractivity contribution is 6.44. The van der Waals surface area contributed by atoms with Crippen molar-refractivity contribution in [1.29, 1.82) is 0 Å². The van der Waals surface area contributed by atoms with Crippen molar-refractivity contribution in [2.24, 2.45) is 0 Å². The predicted molar refractivity (Wildman–Crippen MR) is 110 cm³/mol. The first kappa shape index (κ1) is 19.6. The second-order valence-electron chi connectivity index (χ2n) is 6.01. The Balaban J connectivity index is 1.52. The number of amides is 1. The largest absolute Gasteiger partial charge is 0.369 e. The number of carbonyl (C=O) groups excluding carboxylic acids is 1. The van der Waals surface area contributed by atoms with Crippen molar-refractivity contribution in [3.8, 4) is 0 Å². The first-order chi connectivity index (χ1) is 12.4. The van der Waals surface area contributed by atoms with Crippen LogP contribution in [0.15, 0.2) is 36.4 Å². The molecule has 1 fully saturated rings. The second-order valence-corrected chi connectivity index (χ2v) is 7.61. The zero-order valence-corrected chi connectivity index (χ0v) is 16.8. The number of halogens is 4. The Labute approximate surface area is 172 Å². The topological polar surface area (TPSA) is 35.6 Å². The van der Waals surface area contributed by atoms with E-state index in [2.05, 4.69) is 15.1 Å². The van der Waals surface area contributed by atoms with Crippen molar-refractivity contribution in [2.75, 3.05) is 42.9 Å². The van der Waals surface area contributed by atoms with Crippen LogP contribution in [0.1, 0.15) is 0 Å². The van der Waals surface area contributed by atoms with Crippen LogP contribution >= 0.6 is 46.4 Å². The van der Waals surface area contributed by atoms with Gasteiger partial charge in [0.05, 0.1) is 32.3 Å². The van der Waals surface area contributed by atoms with Gasteiger partial charge in [0, 0.05) is 31.9 Å². The minimum Gasteiger partial charge on any atom is -0.369 e. The average Bonchev–Trinajstić information content (AvgIpc) is 2.62. The molecule has 1 amide bonds. The van der Waals surface area contributed by atoms with E-state index in [1.807, 2.05) is 12.1 Å². The van der Waals surface area contributed by atoms with E-state index in [1.165, 1.54) is 0 Å². The van der Waals surface area contributed by atoms with Gasteiger partial charge in [-0.05, 0) is 30.3 Å². The fourth-order valence-electron chi connectivity index (χ4n) is 2.84. The lowest BCUT2D eigenvalue weighted by atomic mass is 10.2. The summed E-state index contributed by atoms with van der Waals surface area (Å²) in [6, 6.07) is 10.8. The predicted octanol–water partition coefficient (Wildman–Crippen LogP) is 5.06. The summed E-state index contributed by atoms with van der Waals surface area (Å²) in [5.74, 6) is -0.114. The Kier molecular flexibility index (Phi) is 6.54. The molecular weight excluding hydrogens is 416 g/mol. The molecule has 1 aliphatic rings. The van der Waals surface area contributed by atoms with Crippen LogP contribution in [-0.4, -0.2) is 43.5 Å². The number of piperazine rings is 1. The van der Waals surface area contributed by atoms with Crippen LogP contribution in [0.4, 0.5) is 11.4 Å². The summed E-state index contributed by atoms with van der Waals surface area (Å²) in [4.78, 5) is 16.6. The standard InChI is InChI=1S/C18H17Cl4N3O/c19-13-5-4-12(10-15(13)21)25-8-6-24(7-9-25)11-17(26)23-16-3-1-2-14(20)18(16)22/h1-5,10H,6-9,11H2,(H,23,26). The Morgan fingerprint density at radius 3 is 2.35 bits per heavy atom. The molecule has 4 nitrogen and oxygen atoms in total. The fourth-order valence-corrected chi connectivity index (χ4v) is 3.48. The molecule has 0 radical (unpaired) electrons. The van der Waals surface area contributed by atoms with Gasteiger partial charge in [-0.2, -0.15) is 0 Å². The van der Waals surface area contributed by atoms with Crippen LogP contribution in [0.25, 0.3) is 0 Å². The van der Waals surface area contributed by atoms with Crippen molar-refractivity contribution in [3.05, 3.63) is 56.5 Å². The van der Waals surface area contributed by atoms with Gasteiger partial charge >= 0.3 is 0 Å². The third-order valence-corrected chi connectivity index (χ3v) is 5.79. The van der Waals surface area contributed by atoms with E-state index in [0.717, 1.165) is 31.9 Å². The van der Waals surface area contributed by atoms with Crippen LogP contribution in [0, 0.1) is 0 Å². The molecule has 0 spiro atoms. The Hall–Kier alpha value is -1.17. The van der Waals surface area contributed by atoms with Crippen LogP contribution in [0.3, 0.4) is 0 Å². The molecule has 2 aromatic rings. The van der Waals surface area contributed by atoms with Crippen LogP contribution in [-0.2, 0) is 4.79 Å². The normalized spacial score (nSPS) is 15.2. The summed E-state index contributed by atoms with van der Waals surface area (Å²) in [5.41, 5.74) is 1.56. The van der Waals surface area contributed by atoms with E-state index >= 15 is 0 Å². The van der Waals surface area contributed by atoms with Crippen molar-refractivity contribution < 1.29 is 4.79 Å². The van der Waals surface area contributed by atoms with E-state index in [4.69, 9.17) is 46.4 Å². The number of nitrogens with one attached hydrogen (secondary N) is 1. The summed E-state index contributed by atoms with van der Waals surface area (Å²) in [7, 11) is 0. The molecule has 0 aromatic heterocycles. The van der Waals surface area contributed by atoms with Gasteiger partial charge in [-0.15, -0.1) is 0 Å². The maximum absolute atomic E-state index is 12.3. The molecule has 8 heteroatoms. The fraction of sp³-hybridized carbons (Fsp3) is 0.278. The minimum absolute atomic E-state index is 0.114. The van der Waals surface area contributed by atoms with Gasteiger partial charge in [0.2, 0.25) is 5.91 Å². The second kappa shape index (κ2) is 8.68. The van der Waals surface area contributed by atoms with Gasteiger partial charge in [-0.25, -0.2) is 0 Å². The summed E-state index contributed by atoms with van der Waals surface area (Å²) >= 11 is 24.1. The maximum Gasteiger partial charge on any atom is 0.238 e. The minimum atomic E-state index is -0.114. The Morgan fingerprint density at radius 1 is 0.923 bits per heavy atom. The number of benzene rings is 2. The highest BCUT2D eigenvalue weighted by Gasteiger charge is 2.20. The molecule has 138 valence electrons. The summed E-state index contributed by atoms with van der Waals surface area (Å²) in [6.45, 7) is 3.47. The number of hydrogen-bond acceptors (Lipinski definition) is 3. The van der Waals surface area contributed by atoms with Crippen LogP contribution in [0.2, 0.25) is 20.1 Å². The van der Waals surface area contributed by atoms with E-state index in [-0.39, 0.29) is 5.91 Å². The highest BCUT2D eigenvalue weighted by Crippen LogP contribution is 2.30. The summed E-state index contributed by atoms with van der Waals surface area (Å²) in [6.07, 6.45) is 0. The number of hydrogen-bond donors (Lipinski definition) is 1. The molecule has 0 saturated carbocycles. The number of anilines is 2. The first-order valence-corrected chi connectivity index (χ1v) is 9.61. The monoisotopic (exact) mass is 431 g/mol. The first-order valence-electron chi connectivity index (χ1n) is 8.10. The van der Waals surface area contributed by atoms with Crippen LogP contribution in [0.5, 0.6) is 0 Å². The molecular formula is C18H17Cl4N3O. The molecule has 1 saturated heterocycles. The zero-order valence-electron chi connectivity index (χ0n) is 13.8. The van der Waals surface area contributed by atoms with Gasteiger partial charge in [-0.1, -0.05) is 52.5 Å². The molecule has 0 aliphatic carbocycles. The number of carbonyl (C=O) groups is 1. The molecule has 3 rings (SSSR count). The lowest BCUT2D eigenvalue weighted by molar-refractivity contribution is -0.117. The van der Waals surface area contributed by atoms with Crippen LogP contribution < -0.4 is 10.2 Å². The van der Waals surface area contributed by atoms with E-state index in [0.29, 0.717) is 32.3 Å². The molecule has 26 heavy (non-hydrogen) atoms. The Bertz CT molecular complexity index is 807. The van der Waals surface area contributed by atoms with Gasteiger partial charge < -0.3 is 10.2 Å². The van der Waals surface area contributed by atoms with E-state index in [1.54, 1.807) is 24.3 Å². The summed E-state index contributed by atoms with van der Waals surface area (Å²) in [5, 5.41) is 4.67. The molecule has 0 bridgehead atoms. The Morgan fingerprint density at radius 2 is 1.65 bits per heavy atom. The van der Waals surface area contributed by atoms with E-state index in [9.17, 15) is 4.79 Å². The smallest absolute Gasteiger partial charge is 0.238 e. The molecule has 0 unspecified atom stereocenters. The molecule has 1 heterocycles. The van der Waals surface area contributed by atoms with Gasteiger partial charge in [-0.3, -0.25) is 9.69 Å².